The molecule has 0 amide bonds. The first-order valence-electron chi connectivity index (χ1n) is 5.19. The molecule has 14 heavy (non-hydrogen) atoms. The van der Waals surface area contributed by atoms with Crippen LogP contribution >= 0.6 is 0 Å². The zero-order chi connectivity index (χ0) is 10.1. The van der Waals surface area contributed by atoms with Crippen LogP contribution in [0.4, 0.5) is 0 Å². The molecule has 0 N–H and O–H groups in total. The summed E-state index contributed by atoms with van der Waals surface area (Å²) in [5.41, 5.74) is 3.76. The average Bonchev–Trinajstić information content (AvgIpc) is 2.96. The summed E-state index contributed by atoms with van der Waals surface area (Å²) in [7, 11) is 0. The van der Waals surface area contributed by atoms with Crippen LogP contribution in [0.2, 0.25) is 0 Å². The van der Waals surface area contributed by atoms with Crippen LogP contribution in [0.1, 0.15) is 35.4 Å². The van der Waals surface area contributed by atoms with Crippen LogP contribution in [-0.2, 0) is 0 Å². The molecular weight excluding hydrogens is 170 g/mol. The topological polar surface area (TPSA) is 23.8 Å². The average molecular weight is 185 g/mol. The van der Waals surface area contributed by atoms with Crippen molar-refractivity contribution in [3.8, 4) is 6.07 Å². The molecule has 1 unspecified atom stereocenters. The van der Waals surface area contributed by atoms with Crippen LogP contribution in [-0.4, -0.2) is 0 Å². The Hall–Kier alpha value is -1.29. The third-order valence-electron chi connectivity index (χ3n) is 3.00. The third-order valence-corrected chi connectivity index (χ3v) is 3.00. The van der Waals surface area contributed by atoms with Crippen LogP contribution < -0.4 is 0 Å². The number of hydrogen-bond acceptors (Lipinski definition) is 1. The third kappa shape index (κ3) is 1.65. The van der Waals surface area contributed by atoms with E-state index in [0.717, 1.165) is 0 Å². The lowest BCUT2D eigenvalue weighted by molar-refractivity contribution is 0.734. The highest BCUT2D eigenvalue weighted by Gasteiger charge is 2.33. The summed E-state index contributed by atoms with van der Waals surface area (Å²) >= 11 is 0. The van der Waals surface area contributed by atoms with Crippen LogP contribution in [0.25, 0.3) is 0 Å². The van der Waals surface area contributed by atoms with E-state index in [0.29, 0.717) is 5.92 Å². The summed E-state index contributed by atoms with van der Waals surface area (Å²) in [6, 6.07) is 8.85. The maximum absolute atomic E-state index is 9.16. The monoisotopic (exact) mass is 185 g/mol. The molecular formula is C13H15N. The van der Waals surface area contributed by atoms with Gasteiger partial charge in [-0.15, -0.1) is 0 Å². The highest BCUT2D eigenvalue weighted by molar-refractivity contribution is 5.37. The number of aryl methyl sites for hydroxylation is 2. The van der Waals surface area contributed by atoms with Crippen molar-refractivity contribution in [1.82, 2.24) is 0 Å². The molecule has 1 aromatic rings. The number of nitrogens with zero attached hydrogens (tertiary/aromatic N) is 1. The molecule has 1 fully saturated rings. The number of nitriles is 1. The van der Waals surface area contributed by atoms with E-state index < -0.39 is 0 Å². The molecule has 0 radical (unpaired) electrons. The van der Waals surface area contributed by atoms with Gasteiger partial charge in [0.2, 0.25) is 0 Å². The van der Waals surface area contributed by atoms with Gasteiger partial charge in [-0.1, -0.05) is 23.8 Å². The first-order valence-corrected chi connectivity index (χ1v) is 5.19. The van der Waals surface area contributed by atoms with Crippen molar-refractivity contribution in [2.24, 2.45) is 5.92 Å². The summed E-state index contributed by atoms with van der Waals surface area (Å²) in [6.07, 6.45) is 2.46. The Kier molecular flexibility index (Phi) is 2.29. The van der Waals surface area contributed by atoms with Gasteiger partial charge in [-0.25, -0.2) is 0 Å². The van der Waals surface area contributed by atoms with Crippen LogP contribution in [0.15, 0.2) is 18.2 Å². The Bertz CT molecular complexity index is 383. The fraction of sp³-hybridized carbons (Fsp3) is 0.462. The summed E-state index contributed by atoms with van der Waals surface area (Å²) in [5.74, 6) is 0.760. The molecule has 1 heteroatoms. The van der Waals surface area contributed by atoms with Crippen molar-refractivity contribution in [2.75, 3.05) is 0 Å². The van der Waals surface area contributed by atoms with Crippen molar-refractivity contribution in [3.05, 3.63) is 34.9 Å². The van der Waals surface area contributed by atoms with Crippen LogP contribution in [0.3, 0.4) is 0 Å². The van der Waals surface area contributed by atoms with Crippen molar-refractivity contribution in [3.63, 3.8) is 0 Å². The first kappa shape index (κ1) is 9.27. The highest BCUT2D eigenvalue weighted by atomic mass is 14.4. The van der Waals surface area contributed by atoms with Crippen molar-refractivity contribution < 1.29 is 0 Å². The quantitative estimate of drug-likeness (QED) is 0.693. The smallest absolute Gasteiger partial charge is 0.0743 e. The molecule has 72 valence electrons. The molecule has 1 atom stereocenters. The normalized spacial score (nSPS) is 17.5. The lowest BCUT2D eigenvalue weighted by Gasteiger charge is -2.12. The molecule has 0 saturated heterocycles. The van der Waals surface area contributed by atoms with Crippen LogP contribution in [0.5, 0.6) is 0 Å². The maximum Gasteiger partial charge on any atom is 0.0743 e. The van der Waals surface area contributed by atoms with Gasteiger partial charge in [-0.3, -0.25) is 0 Å². The molecule has 0 aromatic heterocycles. The van der Waals surface area contributed by atoms with Gasteiger partial charge >= 0.3 is 0 Å². The molecule has 1 aromatic carbocycles. The molecule has 2 rings (SSSR count). The van der Waals surface area contributed by atoms with E-state index in [1.54, 1.807) is 0 Å². The van der Waals surface area contributed by atoms with Gasteiger partial charge in [0, 0.05) is 0 Å². The second kappa shape index (κ2) is 3.46. The molecule has 0 bridgehead atoms. The summed E-state index contributed by atoms with van der Waals surface area (Å²) in [5, 5.41) is 9.16. The van der Waals surface area contributed by atoms with E-state index in [1.165, 1.54) is 29.5 Å². The number of benzene rings is 1. The highest BCUT2D eigenvalue weighted by Crippen LogP contribution is 2.43. The maximum atomic E-state index is 9.16. The standard InChI is InChI=1S/C13H15N/c1-9-3-4-10(2)12(7-9)13(8-14)11-5-6-11/h3-4,7,11,13H,5-6H2,1-2H3. The molecule has 0 aliphatic heterocycles. The summed E-state index contributed by atoms with van der Waals surface area (Å²) in [6.45, 7) is 4.19. The lowest BCUT2D eigenvalue weighted by Crippen LogP contribution is -2.01. The Morgan fingerprint density at radius 2 is 2.07 bits per heavy atom. The minimum atomic E-state index is 0.134. The fourth-order valence-electron chi connectivity index (χ4n) is 1.95. The Balaban J connectivity index is 2.38. The minimum Gasteiger partial charge on any atom is -0.198 e. The van der Waals surface area contributed by atoms with E-state index >= 15 is 0 Å². The van der Waals surface area contributed by atoms with Crippen molar-refractivity contribution in [2.45, 2.75) is 32.6 Å². The molecule has 0 heterocycles. The Morgan fingerprint density at radius 3 is 2.64 bits per heavy atom. The second-order valence-electron chi connectivity index (χ2n) is 4.30. The second-order valence-corrected chi connectivity index (χ2v) is 4.30. The van der Waals surface area contributed by atoms with Gasteiger partial charge in [0.15, 0.2) is 0 Å². The zero-order valence-electron chi connectivity index (χ0n) is 8.75. The first-order chi connectivity index (χ1) is 6.72. The van der Waals surface area contributed by atoms with Gasteiger partial charge in [-0.05, 0) is 43.7 Å². The van der Waals surface area contributed by atoms with E-state index in [9.17, 15) is 0 Å². The fourth-order valence-corrected chi connectivity index (χ4v) is 1.95. The zero-order valence-corrected chi connectivity index (χ0v) is 8.75. The van der Waals surface area contributed by atoms with E-state index in [2.05, 4.69) is 38.1 Å². The van der Waals surface area contributed by atoms with Gasteiger partial charge in [0.05, 0.1) is 12.0 Å². The Morgan fingerprint density at radius 1 is 1.36 bits per heavy atom. The Labute approximate surface area is 85.4 Å². The number of hydrogen-bond donors (Lipinski definition) is 0. The predicted octanol–water partition coefficient (Wildman–Crippen LogP) is 3.32. The minimum absolute atomic E-state index is 0.134. The van der Waals surface area contributed by atoms with E-state index in [1.807, 2.05) is 0 Å². The largest absolute Gasteiger partial charge is 0.198 e. The van der Waals surface area contributed by atoms with Crippen LogP contribution in [0, 0.1) is 31.1 Å². The molecule has 1 aliphatic rings. The van der Waals surface area contributed by atoms with E-state index in [4.69, 9.17) is 5.26 Å². The van der Waals surface area contributed by atoms with Gasteiger partial charge in [0.25, 0.3) is 0 Å². The molecule has 0 spiro atoms. The number of rotatable bonds is 2. The molecule has 1 aliphatic carbocycles. The molecule has 1 saturated carbocycles. The van der Waals surface area contributed by atoms with Gasteiger partial charge < -0.3 is 0 Å². The van der Waals surface area contributed by atoms with E-state index in [-0.39, 0.29) is 5.92 Å². The van der Waals surface area contributed by atoms with Crippen molar-refractivity contribution in [1.29, 1.82) is 5.26 Å². The summed E-state index contributed by atoms with van der Waals surface area (Å²) < 4.78 is 0. The molecule has 1 nitrogen and oxygen atoms in total. The van der Waals surface area contributed by atoms with Gasteiger partial charge in [0.1, 0.15) is 0 Å². The predicted molar refractivity (Wildman–Crippen MR) is 57.0 cm³/mol. The van der Waals surface area contributed by atoms with Crippen molar-refractivity contribution >= 4 is 0 Å². The van der Waals surface area contributed by atoms with Gasteiger partial charge in [-0.2, -0.15) is 5.26 Å². The summed E-state index contributed by atoms with van der Waals surface area (Å²) in [4.78, 5) is 0. The SMILES string of the molecule is Cc1ccc(C)c(C(C#N)C2CC2)c1. The lowest BCUT2D eigenvalue weighted by atomic mass is 9.91.